The second-order valence-electron chi connectivity index (χ2n) is 4.26. The molecule has 5 heteroatoms. The third-order valence-corrected chi connectivity index (χ3v) is 4.03. The fourth-order valence-corrected chi connectivity index (χ4v) is 2.85. The van der Waals surface area contributed by atoms with E-state index in [4.69, 9.17) is 17.3 Å². The van der Waals surface area contributed by atoms with Crippen molar-refractivity contribution < 1.29 is 4.39 Å². The molecule has 2 N–H and O–H groups in total. The Bertz CT molecular complexity index is 542. The van der Waals surface area contributed by atoms with Crippen molar-refractivity contribution in [2.75, 3.05) is 0 Å². The van der Waals surface area contributed by atoms with Gasteiger partial charge in [0.1, 0.15) is 5.82 Å². The average molecular weight is 285 g/mol. The van der Waals surface area contributed by atoms with Gasteiger partial charge >= 0.3 is 0 Å². The van der Waals surface area contributed by atoms with Crippen LogP contribution in [0.15, 0.2) is 23.6 Å². The van der Waals surface area contributed by atoms with Gasteiger partial charge in [-0.05, 0) is 25.0 Å². The average Bonchev–Trinajstić information content (AvgIpc) is 2.70. The molecule has 0 aliphatic rings. The highest BCUT2D eigenvalue weighted by Gasteiger charge is 2.12. The first kappa shape index (κ1) is 13.5. The lowest BCUT2D eigenvalue weighted by atomic mass is 10.0. The molecule has 1 unspecified atom stereocenters. The smallest absolute Gasteiger partial charge is 0.142 e. The van der Waals surface area contributed by atoms with Crippen LogP contribution in [0.1, 0.15) is 16.3 Å². The number of aryl methyl sites for hydroxylation is 1. The number of hydrogen-bond donors (Lipinski definition) is 1. The molecule has 0 radical (unpaired) electrons. The van der Waals surface area contributed by atoms with Crippen molar-refractivity contribution in [1.82, 2.24) is 4.98 Å². The Morgan fingerprint density at radius 3 is 2.89 bits per heavy atom. The Balaban J connectivity index is 2.03. The second-order valence-corrected chi connectivity index (χ2v) is 5.58. The van der Waals surface area contributed by atoms with Gasteiger partial charge in [-0.2, -0.15) is 0 Å². The van der Waals surface area contributed by atoms with E-state index in [-0.39, 0.29) is 11.1 Å². The summed E-state index contributed by atoms with van der Waals surface area (Å²) in [6.45, 7) is 1.95. The van der Waals surface area contributed by atoms with E-state index in [1.54, 1.807) is 23.5 Å². The number of rotatable bonds is 4. The van der Waals surface area contributed by atoms with E-state index >= 15 is 0 Å². The normalized spacial score (nSPS) is 12.7. The molecule has 0 bridgehead atoms. The lowest BCUT2D eigenvalue weighted by molar-refractivity contribution is 0.618. The second kappa shape index (κ2) is 5.78. The molecule has 1 aromatic heterocycles. The van der Waals surface area contributed by atoms with Gasteiger partial charge in [-0.3, -0.25) is 0 Å². The number of hydrogen-bond acceptors (Lipinski definition) is 3. The third-order valence-electron chi connectivity index (χ3n) is 2.62. The zero-order valence-corrected chi connectivity index (χ0v) is 11.6. The molecule has 0 saturated heterocycles. The summed E-state index contributed by atoms with van der Waals surface area (Å²) in [5, 5.41) is 3.17. The van der Waals surface area contributed by atoms with Crippen LogP contribution in [0.5, 0.6) is 0 Å². The fraction of sp³-hybridized carbons (Fsp3) is 0.308. The first-order valence-corrected chi connectivity index (χ1v) is 6.91. The Morgan fingerprint density at radius 2 is 2.22 bits per heavy atom. The molecule has 1 atom stereocenters. The first-order chi connectivity index (χ1) is 8.56. The Labute approximate surface area is 115 Å². The highest BCUT2D eigenvalue weighted by atomic mass is 35.5. The largest absolute Gasteiger partial charge is 0.327 e. The molecule has 0 spiro atoms. The summed E-state index contributed by atoms with van der Waals surface area (Å²) in [5.74, 6) is -0.397. The third kappa shape index (κ3) is 3.28. The summed E-state index contributed by atoms with van der Waals surface area (Å²) in [6, 6.07) is 4.70. The predicted octanol–water partition coefficient (Wildman–Crippen LogP) is 3.36. The van der Waals surface area contributed by atoms with Gasteiger partial charge in [-0.1, -0.05) is 23.7 Å². The Morgan fingerprint density at radius 1 is 1.44 bits per heavy atom. The lowest BCUT2D eigenvalue weighted by Gasteiger charge is -2.11. The number of benzene rings is 1. The molecule has 2 rings (SSSR count). The highest BCUT2D eigenvalue weighted by molar-refractivity contribution is 7.09. The van der Waals surface area contributed by atoms with E-state index in [9.17, 15) is 4.39 Å². The van der Waals surface area contributed by atoms with Gasteiger partial charge in [0, 0.05) is 23.5 Å². The molecule has 0 amide bonds. The lowest BCUT2D eigenvalue weighted by Crippen LogP contribution is -2.25. The van der Waals surface area contributed by atoms with Crippen molar-refractivity contribution in [3.8, 4) is 0 Å². The van der Waals surface area contributed by atoms with Crippen LogP contribution in [0.2, 0.25) is 5.02 Å². The molecule has 0 saturated carbocycles. The molecule has 18 heavy (non-hydrogen) atoms. The van der Waals surface area contributed by atoms with Gasteiger partial charge in [0.15, 0.2) is 0 Å². The number of thiazole rings is 1. The van der Waals surface area contributed by atoms with Crippen LogP contribution in [0.3, 0.4) is 0 Å². The molecule has 1 heterocycles. The minimum absolute atomic E-state index is 0.102. The summed E-state index contributed by atoms with van der Waals surface area (Å²) in [6.07, 6.45) is 1.24. The maximum absolute atomic E-state index is 13.3. The summed E-state index contributed by atoms with van der Waals surface area (Å²) in [7, 11) is 0. The first-order valence-electron chi connectivity index (χ1n) is 5.65. The van der Waals surface area contributed by atoms with E-state index < -0.39 is 5.82 Å². The van der Waals surface area contributed by atoms with Gasteiger partial charge in [0.25, 0.3) is 0 Å². The molecule has 0 aliphatic carbocycles. The van der Waals surface area contributed by atoms with Crippen molar-refractivity contribution in [3.05, 3.63) is 50.7 Å². The monoisotopic (exact) mass is 284 g/mol. The zero-order valence-electron chi connectivity index (χ0n) is 9.99. The van der Waals surface area contributed by atoms with Gasteiger partial charge < -0.3 is 5.73 Å². The van der Waals surface area contributed by atoms with Crippen molar-refractivity contribution in [2.45, 2.75) is 25.8 Å². The van der Waals surface area contributed by atoms with Crippen LogP contribution in [0.25, 0.3) is 0 Å². The molecule has 96 valence electrons. The SMILES string of the molecule is Cc1csc(CC(N)Cc2cccc(F)c2Cl)n1. The van der Waals surface area contributed by atoms with E-state index in [0.29, 0.717) is 12.8 Å². The van der Waals surface area contributed by atoms with Crippen LogP contribution in [0, 0.1) is 12.7 Å². The highest BCUT2D eigenvalue weighted by Crippen LogP contribution is 2.21. The Kier molecular flexibility index (Phi) is 4.32. The fourth-order valence-electron chi connectivity index (χ4n) is 1.78. The summed E-state index contributed by atoms with van der Waals surface area (Å²) in [4.78, 5) is 4.36. The van der Waals surface area contributed by atoms with Crippen LogP contribution in [0.4, 0.5) is 4.39 Å². The maximum Gasteiger partial charge on any atom is 0.142 e. The summed E-state index contributed by atoms with van der Waals surface area (Å²) >= 11 is 7.50. The summed E-state index contributed by atoms with van der Waals surface area (Å²) in [5.41, 5.74) is 7.80. The number of nitrogens with zero attached hydrogens (tertiary/aromatic N) is 1. The minimum Gasteiger partial charge on any atom is -0.327 e. The maximum atomic E-state index is 13.3. The predicted molar refractivity (Wildman–Crippen MR) is 73.6 cm³/mol. The van der Waals surface area contributed by atoms with Gasteiger partial charge in [-0.15, -0.1) is 11.3 Å². The molecule has 1 aromatic carbocycles. The van der Waals surface area contributed by atoms with Crippen molar-refractivity contribution >= 4 is 22.9 Å². The quantitative estimate of drug-likeness (QED) is 0.935. The number of halogens is 2. The molecule has 0 fully saturated rings. The van der Waals surface area contributed by atoms with Crippen molar-refractivity contribution in [3.63, 3.8) is 0 Å². The van der Waals surface area contributed by atoms with E-state index in [1.807, 2.05) is 12.3 Å². The molecule has 2 aromatic rings. The topological polar surface area (TPSA) is 38.9 Å². The van der Waals surface area contributed by atoms with Crippen molar-refractivity contribution in [1.29, 1.82) is 0 Å². The van der Waals surface area contributed by atoms with Gasteiger partial charge in [0.05, 0.1) is 10.0 Å². The minimum atomic E-state index is -0.397. The van der Waals surface area contributed by atoms with Gasteiger partial charge in [-0.25, -0.2) is 9.37 Å². The van der Waals surface area contributed by atoms with E-state index in [0.717, 1.165) is 16.3 Å². The van der Waals surface area contributed by atoms with Crippen LogP contribution < -0.4 is 5.73 Å². The van der Waals surface area contributed by atoms with E-state index in [1.165, 1.54) is 6.07 Å². The molecular weight excluding hydrogens is 271 g/mol. The zero-order chi connectivity index (χ0) is 13.1. The number of aromatic nitrogens is 1. The molecule has 2 nitrogen and oxygen atoms in total. The summed E-state index contributed by atoms with van der Waals surface area (Å²) < 4.78 is 13.3. The van der Waals surface area contributed by atoms with Gasteiger partial charge in [0.2, 0.25) is 0 Å². The van der Waals surface area contributed by atoms with Crippen molar-refractivity contribution in [2.24, 2.45) is 5.73 Å². The van der Waals surface area contributed by atoms with Crippen LogP contribution in [-0.4, -0.2) is 11.0 Å². The molecular formula is C13H14ClFN2S. The standard InChI is InChI=1S/C13H14ClFN2S/c1-8-7-18-12(17-8)6-10(16)5-9-3-2-4-11(15)13(9)14/h2-4,7,10H,5-6,16H2,1H3. The van der Waals surface area contributed by atoms with E-state index in [2.05, 4.69) is 4.98 Å². The van der Waals surface area contributed by atoms with Crippen LogP contribution >= 0.6 is 22.9 Å². The Hall–Kier alpha value is -0.970. The molecule has 0 aliphatic heterocycles. The van der Waals surface area contributed by atoms with Crippen LogP contribution in [-0.2, 0) is 12.8 Å². The number of nitrogens with two attached hydrogens (primary N) is 1.